The summed E-state index contributed by atoms with van der Waals surface area (Å²) in [7, 11) is 0. The van der Waals surface area contributed by atoms with Crippen LogP contribution in [0.1, 0.15) is 13.3 Å². The first kappa shape index (κ1) is 13.1. The number of carbonyl (C=O) groups is 1. The molecule has 0 bridgehead atoms. The van der Waals surface area contributed by atoms with Crippen LogP contribution in [0.15, 0.2) is 12.7 Å². The van der Waals surface area contributed by atoms with Crippen molar-refractivity contribution in [3.63, 3.8) is 0 Å². The Bertz CT molecular complexity index is 160. The molecule has 0 fully saturated rings. The minimum atomic E-state index is -0.0969. The molecule has 0 aromatic rings. The normalized spacial score (nSPS) is 9.79. The van der Waals surface area contributed by atoms with Crippen molar-refractivity contribution in [1.82, 2.24) is 10.6 Å². The third-order valence-corrected chi connectivity index (χ3v) is 1.53. The highest BCUT2D eigenvalue weighted by atomic mass is 16.5. The van der Waals surface area contributed by atoms with Crippen molar-refractivity contribution in [1.29, 1.82) is 0 Å². The molecule has 4 heteroatoms. The maximum Gasteiger partial charge on any atom is 0.246 e. The molecule has 0 radical (unpaired) electrons. The van der Waals surface area contributed by atoms with Crippen LogP contribution >= 0.6 is 0 Å². The van der Waals surface area contributed by atoms with E-state index in [1.165, 1.54) is 0 Å². The van der Waals surface area contributed by atoms with Gasteiger partial charge in [-0.25, -0.2) is 0 Å². The van der Waals surface area contributed by atoms with Crippen molar-refractivity contribution in [2.24, 2.45) is 0 Å². The van der Waals surface area contributed by atoms with E-state index >= 15 is 0 Å². The molecule has 14 heavy (non-hydrogen) atoms. The van der Waals surface area contributed by atoms with Crippen LogP contribution in [-0.2, 0) is 9.53 Å². The molecular weight excluding hydrogens is 180 g/mol. The molecule has 0 aromatic heterocycles. The lowest BCUT2D eigenvalue weighted by atomic mass is 10.5. The van der Waals surface area contributed by atoms with Gasteiger partial charge in [0.25, 0.3) is 0 Å². The predicted octanol–water partition coefficient (Wildman–Crippen LogP) is 0.305. The number of hydrogen-bond acceptors (Lipinski definition) is 3. The maximum absolute atomic E-state index is 11.0. The van der Waals surface area contributed by atoms with Gasteiger partial charge in [-0.15, -0.1) is 6.58 Å². The van der Waals surface area contributed by atoms with Gasteiger partial charge >= 0.3 is 0 Å². The SMILES string of the molecule is C=CCNC(=O)COCCNCCC. The van der Waals surface area contributed by atoms with E-state index in [1.807, 2.05) is 0 Å². The summed E-state index contributed by atoms with van der Waals surface area (Å²) in [5, 5.41) is 5.81. The van der Waals surface area contributed by atoms with Gasteiger partial charge in [0.1, 0.15) is 6.61 Å². The summed E-state index contributed by atoms with van der Waals surface area (Å²) in [6.07, 6.45) is 2.75. The van der Waals surface area contributed by atoms with Crippen molar-refractivity contribution in [3.05, 3.63) is 12.7 Å². The summed E-state index contributed by atoms with van der Waals surface area (Å²) in [6, 6.07) is 0. The zero-order valence-corrected chi connectivity index (χ0v) is 8.84. The molecule has 0 rings (SSSR count). The molecule has 0 heterocycles. The van der Waals surface area contributed by atoms with Crippen LogP contribution in [0.5, 0.6) is 0 Å². The molecule has 0 aromatic carbocycles. The molecule has 0 aliphatic heterocycles. The monoisotopic (exact) mass is 200 g/mol. The van der Waals surface area contributed by atoms with E-state index in [0.717, 1.165) is 19.5 Å². The van der Waals surface area contributed by atoms with Crippen molar-refractivity contribution >= 4 is 5.91 Å². The molecule has 0 saturated heterocycles. The number of ether oxygens (including phenoxy) is 1. The predicted molar refractivity (Wildman–Crippen MR) is 57.2 cm³/mol. The van der Waals surface area contributed by atoms with Crippen molar-refractivity contribution < 1.29 is 9.53 Å². The summed E-state index contributed by atoms with van der Waals surface area (Å²) >= 11 is 0. The molecule has 0 spiro atoms. The van der Waals surface area contributed by atoms with E-state index in [-0.39, 0.29) is 12.5 Å². The second-order valence-corrected chi connectivity index (χ2v) is 2.90. The lowest BCUT2D eigenvalue weighted by Gasteiger charge is -2.05. The maximum atomic E-state index is 11.0. The Kier molecular flexibility index (Phi) is 9.58. The van der Waals surface area contributed by atoms with Crippen LogP contribution in [0.25, 0.3) is 0 Å². The van der Waals surface area contributed by atoms with Crippen molar-refractivity contribution in [3.8, 4) is 0 Å². The molecule has 2 N–H and O–H groups in total. The first-order chi connectivity index (χ1) is 6.81. The highest BCUT2D eigenvalue weighted by molar-refractivity contribution is 5.77. The first-order valence-electron chi connectivity index (χ1n) is 4.97. The molecule has 0 saturated carbocycles. The van der Waals surface area contributed by atoms with Crippen molar-refractivity contribution in [2.75, 3.05) is 32.8 Å². The van der Waals surface area contributed by atoms with E-state index in [0.29, 0.717) is 13.2 Å². The fourth-order valence-corrected chi connectivity index (χ4v) is 0.848. The summed E-state index contributed by atoms with van der Waals surface area (Å²) in [6.45, 7) is 8.59. The van der Waals surface area contributed by atoms with Gasteiger partial charge in [0.05, 0.1) is 6.61 Å². The Balaban J connectivity index is 3.10. The van der Waals surface area contributed by atoms with Crippen LogP contribution in [0, 0.1) is 0 Å². The van der Waals surface area contributed by atoms with Crippen LogP contribution in [0.2, 0.25) is 0 Å². The Morgan fingerprint density at radius 3 is 2.93 bits per heavy atom. The highest BCUT2D eigenvalue weighted by Gasteiger charge is 1.97. The van der Waals surface area contributed by atoms with Gasteiger partial charge in [0.15, 0.2) is 0 Å². The topological polar surface area (TPSA) is 50.4 Å². The molecular formula is C10H20N2O2. The van der Waals surface area contributed by atoms with Crippen LogP contribution < -0.4 is 10.6 Å². The zero-order valence-electron chi connectivity index (χ0n) is 8.84. The van der Waals surface area contributed by atoms with Gasteiger partial charge in [0.2, 0.25) is 5.91 Å². The molecule has 0 aliphatic rings. The largest absolute Gasteiger partial charge is 0.370 e. The van der Waals surface area contributed by atoms with Gasteiger partial charge in [-0.1, -0.05) is 13.0 Å². The molecule has 0 aliphatic carbocycles. The van der Waals surface area contributed by atoms with E-state index in [2.05, 4.69) is 24.1 Å². The average Bonchev–Trinajstić information content (AvgIpc) is 2.20. The fraction of sp³-hybridized carbons (Fsp3) is 0.700. The number of nitrogens with one attached hydrogen (secondary N) is 2. The second kappa shape index (κ2) is 10.2. The van der Waals surface area contributed by atoms with E-state index < -0.39 is 0 Å². The standard InChI is InChI=1S/C10H20N2O2/c1-3-5-11-7-8-14-9-10(13)12-6-4-2/h4,11H,2-3,5-9H2,1H3,(H,12,13). The third-order valence-electron chi connectivity index (χ3n) is 1.53. The Morgan fingerprint density at radius 1 is 1.50 bits per heavy atom. The second-order valence-electron chi connectivity index (χ2n) is 2.90. The number of hydrogen-bond donors (Lipinski definition) is 2. The van der Waals surface area contributed by atoms with Crippen molar-refractivity contribution in [2.45, 2.75) is 13.3 Å². The number of amides is 1. The Labute approximate surface area is 85.7 Å². The smallest absolute Gasteiger partial charge is 0.246 e. The van der Waals surface area contributed by atoms with E-state index in [1.54, 1.807) is 6.08 Å². The van der Waals surface area contributed by atoms with Gasteiger partial charge in [-0.2, -0.15) is 0 Å². The zero-order chi connectivity index (χ0) is 10.6. The number of rotatable bonds is 9. The summed E-state index contributed by atoms with van der Waals surface area (Å²) < 4.78 is 5.13. The van der Waals surface area contributed by atoms with Gasteiger partial charge in [0, 0.05) is 13.1 Å². The first-order valence-corrected chi connectivity index (χ1v) is 4.97. The van der Waals surface area contributed by atoms with E-state index in [4.69, 9.17) is 4.74 Å². The summed E-state index contributed by atoms with van der Waals surface area (Å²) in [5.74, 6) is -0.0969. The van der Waals surface area contributed by atoms with Gasteiger partial charge in [-0.05, 0) is 13.0 Å². The third kappa shape index (κ3) is 9.22. The lowest BCUT2D eigenvalue weighted by molar-refractivity contribution is -0.125. The summed E-state index contributed by atoms with van der Waals surface area (Å²) in [4.78, 5) is 11.0. The molecule has 82 valence electrons. The minimum Gasteiger partial charge on any atom is -0.370 e. The molecule has 0 atom stereocenters. The fourth-order valence-electron chi connectivity index (χ4n) is 0.848. The van der Waals surface area contributed by atoms with Gasteiger partial charge < -0.3 is 15.4 Å². The van der Waals surface area contributed by atoms with Crippen LogP contribution in [0.4, 0.5) is 0 Å². The van der Waals surface area contributed by atoms with Gasteiger partial charge in [-0.3, -0.25) is 4.79 Å². The minimum absolute atomic E-state index is 0.0969. The molecule has 4 nitrogen and oxygen atoms in total. The summed E-state index contributed by atoms with van der Waals surface area (Å²) in [5.41, 5.74) is 0. The van der Waals surface area contributed by atoms with Crippen LogP contribution in [0.3, 0.4) is 0 Å². The number of carbonyl (C=O) groups excluding carboxylic acids is 1. The Morgan fingerprint density at radius 2 is 2.29 bits per heavy atom. The molecule has 0 unspecified atom stereocenters. The highest BCUT2D eigenvalue weighted by Crippen LogP contribution is 1.76. The average molecular weight is 200 g/mol. The Hall–Kier alpha value is -0.870. The quantitative estimate of drug-likeness (QED) is 0.416. The van der Waals surface area contributed by atoms with E-state index in [9.17, 15) is 4.79 Å². The molecule has 1 amide bonds. The lowest BCUT2D eigenvalue weighted by Crippen LogP contribution is -2.29. The van der Waals surface area contributed by atoms with Crippen LogP contribution in [-0.4, -0.2) is 38.8 Å².